The minimum atomic E-state index is -3.73. The average Bonchev–Trinajstić information content (AvgIpc) is 2.66. The van der Waals surface area contributed by atoms with Gasteiger partial charge >= 0.3 is 0 Å². The lowest BCUT2D eigenvalue weighted by atomic mass is 10.2. The fourth-order valence-electron chi connectivity index (χ4n) is 2.53. The molecule has 0 aliphatic heterocycles. The van der Waals surface area contributed by atoms with E-state index in [4.69, 9.17) is 4.74 Å². The summed E-state index contributed by atoms with van der Waals surface area (Å²) in [7, 11) is -3.73. The third-order valence-electron chi connectivity index (χ3n) is 3.74. The Bertz CT molecular complexity index is 1050. The summed E-state index contributed by atoms with van der Waals surface area (Å²) in [5.41, 5.74) is 0.920. The number of benzene rings is 1. The van der Waals surface area contributed by atoms with Crippen molar-refractivity contribution in [3.63, 3.8) is 0 Å². The van der Waals surface area contributed by atoms with Crippen LogP contribution in [0.4, 0.5) is 14.6 Å². The van der Waals surface area contributed by atoms with Gasteiger partial charge in [0.05, 0.1) is 16.8 Å². The molecule has 1 aromatic carbocycles. The Morgan fingerprint density at radius 2 is 1.82 bits per heavy atom. The van der Waals surface area contributed by atoms with Gasteiger partial charge in [0.1, 0.15) is 0 Å². The quantitative estimate of drug-likeness (QED) is 0.612. The number of sulfonamides is 1. The number of pyridine rings is 1. The van der Waals surface area contributed by atoms with E-state index in [0.717, 1.165) is 0 Å². The summed E-state index contributed by atoms with van der Waals surface area (Å²) < 4.78 is 59.4. The van der Waals surface area contributed by atoms with Gasteiger partial charge in [-0.1, -0.05) is 25.1 Å². The lowest BCUT2D eigenvalue weighted by Gasteiger charge is -2.20. The van der Waals surface area contributed by atoms with Crippen molar-refractivity contribution >= 4 is 26.9 Å². The fourth-order valence-corrected chi connectivity index (χ4v) is 3.60. The molecule has 3 rings (SSSR count). The highest BCUT2D eigenvalue weighted by Crippen LogP contribution is 2.31. The first-order chi connectivity index (χ1) is 13.4. The Morgan fingerprint density at radius 3 is 2.43 bits per heavy atom. The zero-order valence-corrected chi connectivity index (χ0v) is 15.7. The zero-order valence-electron chi connectivity index (χ0n) is 14.9. The van der Waals surface area contributed by atoms with Crippen molar-refractivity contribution in [2.75, 3.05) is 10.5 Å². The van der Waals surface area contributed by atoms with Crippen molar-refractivity contribution in [2.24, 2.45) is 0 Å². The van der Waals surface area contributed by atoms with E-state index in [2.05, 4.69) is 19.7 Å². The number of halogens is 2. The van der Waals surface area contributed by atoms with E-state index in [0.29, 0.717) is 17.5 Å². The Labute approximate surface area is 160 Å². The monoisotopic (exact) mass is 408 g/mol. The highest BCUT2D eigenvalue weighted by molar-refractivity contribution is 7.92. The molecule has 148 valence electrons. The van der Waals surface area contributed by atoms with E-state index in [9.17, 15) is 17.2 Å². The number of nitrogens with zero attached hydrogens (tertiary/aromatic N) is 3. The molecular formula is C18H18F2N4O3S. The summed E-state index contributed by atoms with van der Waals surface area (Å²) in [6.07, 6.45) is -1.49. The summed E-state index contributed by atoms with van der Waals surface area (Å²) in [6, 6.07) is 9.62. The Hall–Kier alpha value is -2.88. The number of aromatic nitrogens is 3. The van der Waals surface area contributed by atoms with E-state index in [1.165, 1.54) is 24.5 Å². The van der Waals surface area contributed by atoms with Crippen molar-refractivity contribution in [1.29, 1.82) is 0 Å². The fraction of sp³-hybridized carbons (Fsp3) is 0.278. The van der Waals surface area contributed by atoms with Crippen LogP contribution < -0.4 is 9.46 Å². The van der Waals surface area contributed by atoms with Crippen LogP contribution in [-0.4, -0.2) is 35.5 Å². The second-order valence-electron chi connectivity index (χ2n) is 5.95. The van der Waals surface area contributed by atoms with Crippen LogP contribution in [0.5, 0.6) is 5.88 Å². The predicted octanol–water partition coefficient (Wildman–Crippen LogP) is 3.56. The molecule has 7 nitrogen and oxygen atoms in total. The predicted molar refractivity (Wildman–Crippen MR) is 101 cm³/mol. The smallest absolute Gasteiger partial charge is 0.279 e. The average molecular weight is 408 g/mol. The minimum Gasteiger partial charge on any atom is -0.461 e. The number of hydrogen-bond acceptors (Lipinski definition) is 6. The van der Waals surface area contributed by atoms with E-state index in [1.807, 2.05) is 0 Å². The Balaban J connectivity index is 2.05. The summed E-state index contributed by atoms with van der Waals surface area (Å²) in [6.45, 7) is 1.71. The number of rotatable bonds is 8. The molecule has 0 saturated carbocycles. The molecule has 3 aromatic rings. The van der Waals surface area contributed by atoms with Crippen LogP contribution in [0.25, 0.3) is 11.0 Å². The van der Waals surface area contributed by atoms with Gasteiger partial charge in [0.15, 0.2) is 6.10 Å². The van der Waals surface area contributed by atoms with Crippen LogP contribution in [0, 0.1) is 0 Å². The number of anilines is 1. The molecule has 1 N–H and O–H groups in total. The van der Waals surface area contributed by atoms with Gasteiger partial charge in [0, 0.05) is 18.0 Å². The number of ether oxygens (including phenoxy) is 1. The van der Waals surface area contributed by atoms with Crippen LogP contribution in [0.1, 0.15) is 25.0 Å². The summed E-state index contributed by atoms with van der Waals surface area (Å²) in [5, 5.41) is 0. The zero-order chi connectivity index (χ0) is 20.1. The molecule has 0 radical (unpaired) electrons. The summed E-state index contributed by atoms with van der Waals surface area (Å²) in [4.78, 5) is 12.2. The summed E-state index contributed by atoms with van der Waals surface area (Å²) in [5.74, 6) is -0.712. The van der Waals surface area contributed by atoms with Gasteiger partial charge in [-0.15, -0.1) is 0 Å². The van der Waals surface area contributed by atoms with Crippen molar-refractivity contribution in [3.8, 4) is 5.88 Å². The molecule has 0 aliphatic carbocycles. The van der Waals surface area contributed by atoms with Crippen molar-refractivity contribution in [1.82, 2.24) is 15.0 Å². The molecule has 1 unspecified atom stereocenters. The molecule has 2 heterocycles. The third kappa shape index (κ3) is 4.69. The lowest BCUT2D eigenvalue weighted by molar-refractivity contribution is 0.00826. The van der Waals surface area contributed by atoms with Gasteiger partial charge in [0.25, 0.3) is 12.3 Å². The molecule has 0 saturated heterocycles. The first kappa shape index (κ1) is 19.9. The molecular weight excluding hydrogens is 390 g/mol. The number of alkyl halides is 2. The van der Waals surface area contributed by atoms with Gasteiger partial charge in [-0.2, -0.15) is 0 Å². The van der Waals surface area contributed by atoms with E-state index in [-0.39, 0.29) is 23.0 Å². The maximum absolute atomic E-state index is 13.6. The van der Waals surface area contributed by atoms with Crippen LogP contribution in [0.15, 0.2) is 48.8 Å². The van der Waals surface area contributed by atoms with Crippen molar-refractivity contribution in [2.45, 2.75) is 25.9 Å². The topological polar surface area (TPSA) is 94.1 Å². The van der Waals surface area contributed by atoms with Crippen LogP contribution in [0.2, 0.25) is 0 Å². The molecule has 28 heavy (non-hydrogen) atoms. The maximum Gasteiger partial charge on any atom is 0.279 e. The number of fused-ring (bicyclic) bond motifs is 1. The van der Waals surface area contributed by atoms with Gasteiger partial charge in [-0.3, -0.25) is 9.71 Å². The molecule has 0 spiro atoms. The molecule has 0 fully saturated rings. The Kier molecular flexibility index (Phi) is 5.98. The van der Waals surface area contributed by atoms with Gasteiger partial charge in [0.2, 0.25) is 15.8 Å². The first-order valence-electron chi connectivity index (χ1n) is 8.51. The van der Waals surface area contributed by atoms with E-state index >= 15 is 0 Å². The molecule has 0 aliphatic rings. The summed E-state index contributed by atoms with van der Waals surface area (Å²) >= 11 is 0. The molecule has 0 bridgehead atoms. The SMILES string of the molecule is CCCS(=O)(=O)Nc1nc2ccccc2nc1OC(c1cccnc1)C(F)F. The molecule has 1 atom stereocenters. The second kappa shape index (κ2) is 8.42. The molecule has 10 heteroatoms. The second-order valence-corrected chi connectivity index (χ2v) is 7.79. The Morgan fingerprint density at radius 1 is 1.11 bits per heavy atom. The van der Waals surface area contributed by atoms with E-state index in [1.54, 1.807) is 31.2 Å². The minimum absolute atomic E-state index is 0.134. The van der Waals surface area contributed by atoms with Crippen molar-refractivity contribution in [3.05, 3.63) is 54.4 Å². The highest BCUT2D eigenvalue weighted by Gasteiger charge is 2.28. The highest BCUT2D eigenvalue weighted by atomic mass is 32.2. The van der Waals surface area contributed by atoms with Gasteiger partial charge < -0.3 is 4.74 Å². The number of hydrogen-bond donors (Lipinski definition) is 1. The first-order valence-corrected chi connectivity index (χ1v) is 10.2. The van der Waals surface area contributed by atoms with Crippen molar-refractivity contribution < 1.29 is 21.9 Å². The van der Waals surface area contributed by atoms with Gasteiger partial charge in [-0.25, -0.2) is 27.2 Å². The largest absolute Gasteiger partial charge is 0.461 e. The standard InChI is InChI=1S/C18H18F2N4O3S/c1-2-10-28(25,26)24-17-18(23-14-8-4-3-7-13(14)22-17)27-15(16(19)20)12-6-5-9-21-11-12/h3-9,11,15-16H,2,10H2,1H3,(H,22,24). The molecule has 2 aromatic heterocycles. The van der Waals surface area contributed by atoms with Crippen LogP contribution in [-0.2, 0) is 10.0 Å². The number of para-hydroxylation sites is 2. The van der Waals surface area contributed by atoms with Gasteiger partial charge in [-0.05, 0) is 24.6 Å². The molecule has 0 amide bonds. The lowest BCUT2D eigenvalue weighted by Crippen LogP contribution is -2.21. The maximum atomic E-state index is 13.6. The van der Waals surface area contributed by atoms with Crippen LogP contribution >= 0.6 is 0 Å². The normalized spacial score (nSPS) is 12.9. The van der Waals surface area contributed by atoms with E-state index < -0.39 is 22.6 Å². The third-order valence-corrected chi connectivity index (χ3v) is 5.19. The van der Waals surface area contributed by atoms with Crippen LogP contribution in [0.3, 0.4) is 0 Å². The number of nitrogens with one attached hydrogen (secondary N) is 1.